The summed E-state index contributed by atoms with van der Waals surface area (Å²) in [6, 6.07) is 20.9. The van der Waals surface area contributed by atoms with Gasteiger partial charge in [0.15, 0.2) is 0 Å². The summed E-state index contributed by atoms with van der Waals surface area (Å²) in [6.45, 7) is 1.70. The zero-order chi connectivity index (χ0) is 16.3. The van der Waals surface area contributed by atoms with Gasteiger partial charge in [-0.2, -0.15) is 8.42 Å². The van der Waals surface area contributed by atoms with Crippen LogP contribution in [-0.4, -0.2) is 36.7 Å². The van der Waals surface area contributed by atoms with E-state index in [0.29, 0.717) is 12.3 Å². The highest BCUT2D eigenvalue weighted by Gasteiger charge is 2.34. The molecule has 2 aromatic carbocycles. The molecule has 122 valence electrons. The second kappa shape index (κ2) is 6.83. The fourth-order valence-electron chi connectivity index (χ4n) is 3.20. The van der Waals surface area contributed by atoms with Crippen LogP contribution in [0.5, 0.6) is 0 Å². The Labute approximate surface area is 137 Å². The molecule has 1 fully saturated rings. The molecule has 3 rings (SSSR count). The van der Waals surface area contributed by atoms with E-state index >= 15 is 0 Å². The maximum absolute atomic E-state index is 10.9. The lowest BCUT2D eigenvalue weighted by atomic mass is 9.89. The summed E-state index contributed by atoms with van der Waals surface area (Å²) in [7, 11) is -3.86. The normalized spacial score (nSPS) is 16.4. The minimum Gasteiger partial charge on any atom is -0.292 e. The van der Waals surface area contributed by atoms with Crippen LogP contribution < -0.4 is 0 Å². The Morgan fingerprint density at radius 1 is 0.957 bits per heavy atom. The van der Waals surface area contributed by atoms with Crippen LogP contribution in [0, 0.1) is 5.92 Å². The van der Waals surface area contributed by atoms with Gasteiger partial charge in [0.05, 0.1) is 11.8 Å². The van der Waals surface area contributed by atoms with E-state index in [-0.39, 0.29) is 11.8 Å². The smallest absolute Gasteiger partial charge is 0.264 e. The Kier molecular flexibility index (Phi) is 4.80. The highest BCUT2D eigenvalue weighted by atomic mass is 32.2. The largest absolute Gasteiger partial charge is 0.292 e. The van der Waals surface area contributed by atoms with Crippen molar-refractivity contribution < 1.29 is 13.0 Å². The summed E-state index contributed by atoms with van der Waals surface area (Å²) in [6.07, 6.45) is 0.519. The van der Waals surface area contributed by atoms with E-state index in [0.717, 1.165) is 13.1 Å². The van der Waals surface area contributed by atoms with Crippen molar-refractivity contribution in [1.29, 1.82) is 0 Å². The first-order valence-corrected chi connectivity index (χ1v) is 9.43. The second-order valence-electron chi connectivity index (χ2n) is 6.12. The monoisotopic (exact) mass is 331 g/mol. The SMILES string of the molecule is O=S(=O)(O)CCC1CN(C(c2ccccc2)c2ccccc2)C1. The number of benzene rings is 2. The summed E-state index contributed by atoms with van der Waals surface area (Å²) in [5, 5.41) is 0. The first-order valence-electron chi connectivity index (χ1n) is 7.82. The van der Waals surface area contributed by atoms with Crippen molar-refractivity contribution in [3.63, 3.8) is 0 Å². The van der Waals surface area contributed by atoms with Crippen LogP contribution in [0.15, 0.2) is 60.7 Å². The minimum absolute atomic E-state index is 0.146. The molecule has 0 aromatic heterocycles. The van der Waals surface area contributed by atoms with E-state index in [1.165, 1.54) is 11.1 Å². The Balaban J connectivity index is 1.72. The Morgan fingerprint density at radius 3 is 1.87 bits per heavy atom. The lowest BCUT2D eigenvalue weighted by molar-refractivity contribution is 0.0667. The molecule has 1 saturated heterocycles. The van der Waals surface area contributed by atoms with E-state index in [1.807, 2.05) is 36.4 Å². The zero-order valence-electron chi connectivity index (χ0n) is 12.9. The molecule has 23 heavy (non-hydrogen) atoms. The average Bonchev–Trinajstić information content (AvgIpc) is 2.50. The van der Waals surface area contributed by atoms with Crippen molar-refractivity contribution in [3.8, 4) is 0 Å². The molecule has 0 unspecified atom stereocenters. The van der Waals surface area contributed by atoms with Crippen molar-refractivity contribution in [2.24, 2.45) is 5.92 Å². The van der Waals surface area contributed by atoms with Gasteiger partial charge < -0.3 is 0 Å². The van der Waals surface area contributed by atoms with Gasteiger partial charge in [-0.25, -0.2) is 0 Å². The molecule has 0 atom stereocenters. The van der Waals surface area contributed by atoms with E-state index in [4.69, 9.17) is 4.55 Å². The highest BCUT2D eigenvalue weighted by Crippen LogP contribution is 2.35. The average molecular weight is 331 g/mol. The van der Waals surface area contributed by atoms with Crippen molar-refractivity contribution in [1.82, 2.24) is 4.90 Å². The molecule has 2 aromatic rings. The van der Waals surface area contributed by atoms with Crippen LogP contribution >= 0.6 is 0 Å². The second-order valence-corrected chi connectivity index (χ2v) is 7.69. The fraction of sp³-hybridized carbons (Fsp3) is 0.333. The highest BCUT2D eigenvalue weighted by molar-refractivity contribution is 7.85. The third-order valence-corrected chi connectivity index (χ3v) is 5.12. The summed E-state index contributed by atoms with van der Waals surface area (Å²) in [4.78, 5) is 2.36. The van der Waals surface area contributed by atoms with E-state index in [2.05, 4.69) is 29.2 Å². The molecular formula is C18H21NO3S. The third-order valence-electron chi connectivity index (χ3n) is 4.37. The maximum atomic E-state index is 10.9. The van der Waals surface area contributed by atoms with E-state index in [9.17, 15) is 8.42 Å². The van der Waals surface area contributed by atoms with Gasteiger partial charge >= 0.3 is 0 Å². The Hall–Kier alpha value is -1.69. The van der Waals surface area contributed by atoms with Crippen LogP contribution in [0.1, 0.15) is 23.6 Å². The van der Waals surface area contributed by atoms with Crippen LogP contribution in [0.2, 0.25) is 0 Å². The lowest BCUT2D eigenvalue weighted by Gasteiger charge is -2.45. The van der Waals surface area contributed by atoms with E-state index in [1.54, 1.807) is 0 Å². The van der Waals surface area contributed by atoms with Crippen LogP contribution in [0.4, 0.5) is 0 Å². The molecule has 1 aliphatic heterocycles. The number of hydrogen-bond acceptors (Lipinski definition) is 3. The zero-order valence-corrected chi connectivity index (χ0v) is 13.7. The first-order chi connectivity index (χ1) is 11.0. The van der Waals surface area contributed by atoms with Gasteiger partial charge in [0.1, 0.15) is 0 Å². The molecule has 0 bridgehead atoms. The number of rotatable bonds is 6. The number of likely N-dealkylation sites (tertiary alicyclic amines) is 1. The Bertz CT molecular complexity index is 686. The summed E-state index contributed by atoms with van der Waals surface area (Å²) in [5.41, 5.74) is 2.49. The van der Waals surface area contributed by atoms with E-state index < -0.39 is 10.1 Å². The predicted molar refractivity (Wildman–Crippen MR) is 90.8 cm³/mol. The van der Waals surface area contributed by atoms with Crippen LogP contribution in [0.25, 0.3) is 0 Å². The van der Waals surface area contributed by atoms with Gasteiger partial charge in [-0.3, -0.25) is 9.45 Å². The van der Waals surface area contributed by atoms with Gasteiger partial charge in [0.2, 0.25) is 0 Å². The topological polar surface area (TPSA) is 57.6 Å². The molecule has 1 aliphatic rings. The van der Waals surface area contributed by atoms with Crippen molar-refractivity contribution in [2.75, 3.05) is 18.8 Å². The van der Waals surface area contributed by atoms with Gasteiger partial charge in [-0.15, -0.1) is 0 Å². The van der Waals surface area contributed by atoms with Crippen molar-refractivity contribution >= 4 is 10.1 Å². The van der Waals surface area contributed by atoms with Crippen LogP contribution in [0.3, 0.4) is 0 Å². The predicted octanol–water partition coefficient (Wildman–Crippen LogP) is 2.99. The van der Waals surface area contributed by atoms with Gasteiger partial charge in [0.25, 0.3) is 10.1 Å². The molecule has 1 heterocycles. The molecule has 0 aliphatic carbocycles. The van der Waals surface area contributed by atoms with Crippen LogP contribution in [-0.2, 0) is 10.1 Å². The lowest BCUT2D eigenvalue weighted by Crippen LogP contribution is -2.49. The van der Waals surface area contributed by atoms with Gasteiger partial charge in [-0.05, 0) is 23.5 Å². The molecule has 0 radical (unpaired) electrons. The summed E-state index contributed by atoms with van der Waals surface area (Å²) >= 11 is 0. The first kappa shape index (κ1) is 16.2. The standard InChI is InChI=1S/C18H21NO3S/c20-23(21,22)12-11-15-13-19(14-15)18(16-7-3-1-4-8-16)17-9-5-2-6-10-17/h1-10,15,18H,11-14H2,(H,20,21,22). The molecule has 4 nitrogen and oxygen atoms in total. The van der Waals surface area contributed by atoms with Crippen molar-refractivity contribution in [3.05, 3.63) is 71.8 Å². The fourth-order valence-corrected chi connectivity index (χ4v) is 3.83. The Morgan fingerprint density at radius 2 is 1.43 bits per heavy atom. The molecule has 0 spiro atoms. The summed E-state index contributed by atoms with van der Waals surface area (Å²) in [5.74, 6) is 0.180. The van der Waals surface area contributed by atoms with Gasteiger partial charge in [-0.1, -0.05) is 60.7 Å². The quantitative estimate of drug-likeness (QED) is 0.827. The molecule has 0 amide bonds. The molecule has 5 heteroatoms. The van der Waals surface area contributed by atoms with Gasteiger partial charge in [0, 0.05) is 13.1 Å². The maximum Gasteiger partial charge on any atom is 0.264 e. The molecule has 1 N–H and O–H groups in total. The minimum atomic E-state index is -3.86. The number of nitrogens with zero attached hydrogens (tertiary/aromatic N) is 1. The third kappa shape index (κ3) is 4.19. The number of hydrogen-bond donors (Lipinski definition) is 1. The molecular weight excluding hydrogens is 310 g/mol. The van der Waals surface area contributed by atoms with Crippen molar-refractivity contribution in [2.45, 2.75) is 12.5 Å². The molecule has 0 saturated carbocycles. The summed E-state index contributed by atoms with van der Waals surface area (Å²) < 4.78 is 30.6.